The Balaban J connectivity index is 0.00000128. The Morgan fingerprint density at radius 1 is 1.31 bits per heavy atom. The van der Waals surface area contributed by atoms with Gasteiger partial charge in [-0.3, -0.25) is 0 Å². The van der Waals surface area contributed by atoms with Crippen LogP contribution in [0.1, 0.15) is 30.1 Å². The molecule has 2 atom stereocenters. The maximum absolute atomic E-state index is 10.0. The van der Waals surface area contributed by atoms with Crippen molar-refractivity contribution in [3.8, 4) is 0 Å². The second-order valence-corrected chi connectivity index (χ2v) is 4.80. The van der Waals surface area contributed by atoms with Crippen LogP contribution < -0.4 is 5.73 Å². The molecule has 1 aromatic carbocycles. The number of nitrogens with two attached hydrogens (primary N) is 1. The lowest BCUT2D eigenvalue weighted by molar-refractivity contribution is 0.144. The van der Waals surface area contributed by atoms with Crippen LogP contribution in [0.15, 0.2) is 12.1 Å². The van der Waals surface area contributed by atoms with Gasteiger partial charge >= 0.3 is 0 Å². The molecule has 0 saturated heterocycles. The van der Waals surface area contributed by atoms with Gasteiger partial charge in [-0.1, -0.05) is 23.2 Å². The summed E-state index contributed by atoms with van der Waals surface area (Å²) in [4.78, 5) is 0. The van der Waals surface area contributed by atoms with Crippen LogP contribution in [-0.4, -0.2) is 11.1 Å². The number of hydrogen-bond donors (Lipinski definition) is 2. The summed E-state index contributed by atoms with van der Waals surface area (Å²) < 4.78 is 0. The summed E-state index contributed by atoms with van der Waals surface area (Å²) in [5.41, 5.74) is 7.63. The topological polar surface area (TPSA) is 46.2 Å². The van der Waals surface area contributed by atoms with Gasteiger partial charge in [-0.05, 0) is 42.5 Å². The molecule has 2 nitrogen and oxygen atoms in total. The van der Waals surface area contributed by atoms with E-state index in [0.29, 0.717) is 10.0 Å². The summed E-state index contributed by atoms with van der Waals surface area (Å²) in [7, 11) is 0. The number of fused-ring (bicyclic) bond motifs is 1. The van der Waals surface area contributed by atoms with Gasteiger partial charge in [0.1, 0.15) is 0 Å². The lowest BCUT2D eigenvalue weighted by Gasteiger charge is -2.18. The summed E-state index contributed by atoms with van der Waals surface area (Å²) in [6.07, 6.45) is 1.96. The molecule has 5 heteroatoms. The standard InChI is InChI=1S/C11H13Cl2NO.ClH/c12-6-4-8-7(9(13)5-6)2-1-3-10(14)11(8)15;/h4-5,10-11,15H,1-3,14H2;1H. The molecule has 0 amide bonds. The number of aliphatic hydroxyl groups is 1. The second-order valence-electron chi connectivity index (χ2n) is 3.96. The Hall–Kier alpha value is 0.01000. The van der Waals surface area contributed by atoms with E-state index in [-0.39, 0.29) is 18.4 Å². The molecule has 0 radical (unpaired) electrons. The molecule has 1 aromatic rings. The Kier molecular flexibility index (Phi) is 4.89. The molecular weight excluding hydrogens is 268 g/mol. The summed E-state index contributed by atoms with van der Waals surface area (Å²) in [6.45, 7) is 0. The molecule has 0 fully saturated rings. The van der Waals surface area contributed by atoms with E-state index in [1.54, 1.807) is 12.1 Å². The maximum atomic E-state index is 10.0. The van der Waals surface area contributed by atoms with Gasteiger partial charge in [-0.2, -0.15) is 0 Å². The Labute approximate surface area is 111 Å². The average Bonchev–Trinajstić information content (AvgIpc) is 2.30. The van der Waals surface area contributed by atoms with E-state index in [9.17, 15) is 5.11 Å². The van der Waals surface area contributed by atoms with Gasteiger partial charge in [-0.15, -0.1) is 12.4 Å². The summed E-state index contributed by atoms with van der Waals surface area (Å²) >= 11 is 12.0. The zero-order chi connectivity index (χ0) is 11.0. The third-order valence-corrected chi connectivity index (χ3v) is 3.44. The maximum Gasteiger partial charge on any atom is 0.0944 e. The van der Waals surface area contributed by atoms with Gasteiger partial charge in [0.05, 0.1) is 6.10 Å². The minimum atomic E-state index is -0.654. The van der Waals surface area contributed by atoms with E-state index in [0.717, 1.165) is 30.4 Å². The van der Waals surface area contributed by atoms with E-state index in [1.807, 2.05) is 0 Å². The fourth-order valence-corrected chi connectivity index (χ4v) is 2.66. The third-order valence-electron chi connectivity index (χ3n) is 2.88. The highest BCUT2D eigenvalue weighted by Gasteiger charge is 2.24. The first-order chi connectivity index (χ1) is 7.09. The fraction of sp³-hybridized carbons (Fsp3) is 0.455. The third kappa shape index (κ3) is 2.63. The smallest absolute Gasteiger partial charge is 0.0944 e. The van der Waals surface area contributed by atoms with Crippen molar-refractivity contribution in [3.05, 3.63) is 33.3 Å². The average molecular weight is 283 g/mol. The van der Waals surface area contributed by atoms with Crippen LogP contribution in [-0.2, 0) is 6.42 Å². The highest BCUT2D eigenvalue weighted by atomic mass is 35.5. The van der Waals surface area contributed by atoms with Crippen LogP contribution in [0.25, 0.3) is 0 Å². The normalized spacial score (nSPS) is 24.2. The van der Waals surface area contributed by atoms with Crippen LogP contribution in [0.2, 0.25) is 10.0 Å². The minimum absolute atomic E-state index is 0. The van der Waals surface area contributed by atoms with Gasteiger partial charge in [0.25, 0.3) is 0 Å². The molecule has 1 aliphatic carbocycles. The van der Waals surface area contributed by atoms with E-state index >= 15 is 0 Å². The van der Waals surface area contributed by atoms with Gasteiger partial charge < -0.3 is 10.8 Å². The van der Waals surface area contributed by atoms with Crippen molar-refractivity contribution in [2.75, 3.05) is 0 Å². The Morgan fingerprint density at radius 3 is 2.69 bits per heavy atom. The molecule has 2 rings (SSSR count). The summed E-state index contributed by atoms with van der Waals surface area (Å²) in [5.74, 6) is 0. The molecule has 90 valence electrons. The van der Waals surface area contributed by atoms with Gasteiger partial charge in [-0.25, -0.2) is 0 Å². The quantitative estimate of drug-likeness (QED) is 0.718. The lowest BCUT2D eigenvalue weighted by atomic mass is 9.99. The van der Waals surface area contributed by atoms with E-state index in [2.05, 4.69) is 0 Å². The van der Waals surface area contributed by atoms with Crippen LogP contribution in [0.5, 0.6) is 0 Å². The molecule has 0 spiro atoms. The molecule has 0 aromatic heterocycles. The minimum Gasteiger partial charge on any atom is -0.387 e. The molecule has 0 aliphatic heterocycles. The van der Waals surface area contributed by atoms with E-state index < -0.39 is 6.10 Å². The Bertz CT molecular complexity index is 384. The van der Waals surface area contributed by atoms with Crippen molar-refractivity contribution >= 4 is 35.6 Å². The zero-order valence-corrected chi connectivity index (χ0v) is 10.9. The van der Waals surface area contributed by atoms with Gasteiger partial charge in [0.2, 0.25) is 0 Å². The molecule has 0 bridgehead atoms. The molecule has 2 unspecified atom stereocenters. The van der Waals surface area contributed by atoms with Crippen molar-refractivity contribution in [2.24, 2.45) is 5.73 Å². The molecule has 16 heavy (non-hydrogen) atoms. The van der Waals surface area contributed by atoms with Crippen LogP contribution in [0.3, 0.4) is 0 Å². The van der Waals surface area contributed by atoms with Crippen LogP contribution >= 0.6 is 35.6 Å². The first kappa shape index (κ1) is 14.1. The van der Waals surface area contributed by atoms with Gasteiger partial charge in [0.15, 0.2) is 0 Å². The van der Waals surface area contributed by atoms with Gasteiger partial charge in [0, 0.05) is 16.1 Å². The highest BCUT2D eigenvalue weighted by Crippen LogP contribution is 2.34. The SMILES string of the molecule is Cl.NC1CCCc2c(Cl)cc(Cl)cc2C1O. The Morgan fingerprint density at radius 2 is 2.00 bits per heavy atom. The monoisotopic (exact) mass is 281 g/mol. The molecule has 0 heterocycles. The summed E-state index contributed by atoms with van der Waals surface area (Å²) in [6, 6.07) is 3.25. The molecular formula is C11H14Cl3NO. The molecule has 0 saturated carbocycles. The first-order valence-corrected chi connectivity index (χ1v) is 5.76. The van der Waals surface area contributed by atoms with Crippen molar-refractivity contribution in [1.82, 2.24) is 0 Å². The number of halogens is 3. The van der Waals surface area contributed by atoms with E-state index in [1.165, 1.54) is 0 Å². The van der Waals surface area contributed by atoms with E-state index in [4.69, 9.17) is 28.9 Å². The largest absolute Gasteiger partial charge is 0.387 e. The zero-order valence-electron chi connectivity index (χ0n) is 8.62. The number of aliphatic hydroxyl groups excluding tert-OH is 1. The van der Waals surface area contributed by atoms with Crippen LogP contribution in [0.4, 0.5) is 0 Å². The second kappa shape index (κ2) is 5.56. The first-order valence-electron chi connectivity index (χ1n) is 5.01. The number of rotatable bonds is 0. The fourth-order valence-electron chi connectivity index (χ4n) is 2.05. The van der Waals surface area contributed by atoms with Crippen molar-refractivity contribution < 1.29 is 5.11 Å². The number of hydrogen-bond acceptors (Lipinski definition) is 2. The van der Waals surface area contributed by atoms with Crippen molar-refractivity contribution in [3.63, 3.8) is 0 Å². The lowest BCUT2D eigenvalue weighted by Crippen LogP contribution is -2.27. The van der Waals surface area contributed by atoms with Crippen molar-refractivity contribution in [2.45, 2.75) is 31.4 Å². The summed E-state index contributed by atoms with van der Waals surface area (Å²) in [5, 5.41) is 11.2. The van der Waals surface area contributed by atoms with Crippen molar-refractivity contribution in [1.29, 1.82) is 0 Å². The number of benzene rings is 1. The van der Waals surface area contributed by atoms with Crippen LogP contribution in [0, 0.1) is 0 Å². The molecule has 1 aliphatic rings. The highest BCUT2D eigenvalue weighted by molar-refractivity contribution is 6.35. The predicted molar refractivity (Wildman–Crippen MR) is 69.6 cm³/mol. The predicted octanol–water partition coefficient (Wildman–Crippen LogP) is 3.11. The molecule has 3 N–H and O–H groups in total.